The predicted octanol–water partition coefficient (Wildman–Crippen LogP) is 1.08. The molecule has 2 fully saturated rings. The molecule has 100 valence electrons. The lowest BCUT2D eigenvalue weighted by molar-refractivity contribution is -0.0761. The van der Waals surface area contributed by atoms with Crippen molar-refractivity contribution in [3.8, 4) is 0 Å². The molecular weight excluding hydrogens is 214 g/mol. The highest BCUT2D eigenvalue weighted by Crippen LogP contribution is 2.37. The first-order chi connectivity index (χ1) is 7.78. The SMILES string of the molecule is CN1CCN(NC2CC(C)(C)OC2(C)C)CC1. The van der Waals surface area contributed by atoms with Crippen LogP contribution in [-0.4, -0.2) is 60.4 Å². The molecular formula is C13H27N3O. The fourth-order valence-electron chi connectivity index (χ4n) is 2.92. The van der Waals surface area contributed by atoms with Gasteiger partial charge in [0, 0.05) is 26.2 Å². The second kappa shape index (κ2) is 4.50. The van der Waals surface area contributed by atoms with Crippen LogP contribution in [0.15, 0.2) is 0 Å². The van der Waals surface area contributed by atoms with Crippen molar-refractivity contribution < 1.29 is 4.74 Å². The smallest absolute Gasteiger partial charge is 0.0800 e. The predicted molar refractivity (Wildman–Crippen MR) is 69.9 cm³/mol. The lowest BCUT2D eigenvalue weighted by Gasteiger charge is -2.37. The van der Waals surface area contributed by atoms with Crippen LogP contribution in [-0.2, 0) is 4.74 Å². The van der Waals surface area contributed by atoms with E-state index in [1.165, 1.54) is 0 Å². The van der Waals surface area contributed by atoms with Crippen molar-refractivity contribution in [3.63, 3.8) is 0 Å². The van der Waals surface area contributed by atoms with Crippen LogP contribution in [0.5, 0.6) is 0 Å². The van der Waals surface area contributed by atoms with Gasteiger partial charge in [0.2, 0.25) is 0 Å². The second-order valence-corrected chi connectivity index (χ2v) is 6.64. The highest BCUT2D eigenvalue weighted by molar-refractivity contribution is 4.98. The van der Waals surface area contributed by atoms with Crippen molar-refractivity contribution in [1.82, 2.24) is 15.3 Å². The van der Waals surface area contributed by atoms with E-state index in [1.54, 1.807) is 0 Å². The standard InChI is InChI=1S/C13H27N3O/c1-12(2)10-11(13(3,4)17-12)14-16-8-6-15(5)7-9-16/h11,14H,6-10H2,1-5H3. The number of ether oxygens (including phenoxy) is 1. The molecule has 0 amide bonds. The molecule has 4 nitrogen and oxygen atoms in total. The minimum absolute atomic E-state index is 0.00621. The van der Waals surface area contributed by atoms with E-state index in [4.69, 9.17) is 4.74 Å². The van der Waals surface area contributed by atoms with E-state index in [0.29, 0.717) is 6.04 Å². The summed E-state index contributed by atoms with van der Waals surface area (Å²) in [6.07, 6.45) is 1.08. The highest BCUT2D eigenvalue weighted by Gasteiger charge is 2.46. The molecule has 0 aromatic carbocycles. The first-order valence-electron chi connectivity index (χ1n) is 6.68. The molecule has 4 heteroatoms. The van der Waals surface area contributed by atoms with Crippen LogP contribution in [0.4, 0.5) is 0 Å². The molecule has 1 unspecified atom stereocenters. The maximum Gasteiger partial charge on any atom is 0.0800 e. The van der Waals surface area contributed by atoms with Crippen LogP contribution in [0, 0.1) is 0 Å². The van der Waals surface area contributed by atoms with Crippen molar-refractivity contribution in [2.24, 2.45) is 0 Å². The quantitative estimate of drug-likeness (QED) is 0.783. The molecule has 2 aliphatic rings. The zero-order valence-electron chi connectivity index (χ0n) is 11.9. The molecule has 0 aliphatic carbocycles. The van der Waals surface area contributed by atoms with Crippen molar-refractivity contribution in [2.75, 3.05) is 33.2 Å². The lowest BCUT2D eigenvalue weighted by Crippen LogP contribution is -2.57. The maximum atomic E-state index is 6.11. The van der Waals surface area contributed by atoms with Gasteiger partial charge in [-0.15, -0.1) is 0 Å². The van der Waals surface area contributed by atoms with Gasteiger partial charge in [0.1, 0.15) is 0 Å². The van der Waals surface area contributed by atoms with Crippen LogP contribution < -0.4 is 5.43 Å². The molecule has 2 aliphatic heterocycles. The minimum Gasteiger partial charge on any atom is -0.368 e. The van der Waals surface area contributed by atoms with E-state index in [9.17, 15) is 0 Å². The Morgan fingerprint density at radius 1 is 1.06 bits per heavy atom. The molecule has 1 atom stereocenters. The van der Waals surface area contributed by atoms with Gasteiger partial charge in [-0.2, -0.15) is 0 Å². The number of nitrogens with one attached hydrogen (secondary N) is 1. The molecule has 17 heavy (non-hydrogen) atoms. The van der Waals surface area contributed by atoms with Gasteiger partial charge in [0.15, 0.2) is 0 Å². The number of hydrogen-bond donors (Lipinski definition) is 1. The number of hydrazine groups is 1. The van der Waals surface area contributed by atoms with Gasteiger partial charge in [-0.05, 0) is 41.2 Å². The molecule has 2 saturated heterocycles. The molecule has 1 N–H and O–H groups in total. The molecule has 2 rings (SSSR count). The Labute approximate surface area is 105 Å². The molecule has 0 spiro atoms. The number of nitrogens with zero attached hydrogens (tertiary/aromatic N) is 2. The van der Waals surface area contributed by atoms with E-state index in [1.807, 2.05) is 0 Å². The van der Waals surface area contributed by atoms with Gasteiger partial charge >= 0.3 is 0 Å². The Balaban J connectivity index is 1.90. The maximum absolute atomic E-state index is 6.11. The van der Waals surface area contributed by atoms with Gasteiger partial charge in [-0.1, -0.05) is 0 Å². The third kappa shape index (κ3) is 3.19. The lowest BCUT2D eigenvalue weighted by atomic mass is 9.95. The number of hydrogen-bond acceptors (Lipinski definition) is 4. The van der Waals surface area contributed by atoms with Gasteiger partial charge < -0.3 is 9.64 Å². The van der Waals surface area contributed by atoms with Crippen LogP contribution in [0.3, 0.4) is 0 Å². The Kier molecular flexibility index (Phi) is 3.51. The molecule has 0 aromatic rings. The third-order valence-corrected chi connectivity index (χ3v) is 3.92. The number of likely N-dealkylation sites (N-methyl/N-ethyl adjacent to an activating group) is 1. The van der Waals surface area contributed by atoms with Crippen molar-refractivity contribution in [1.29, 1.82) is 0 Å². The van der Waals surface area contributed by atoms with E-state index >= 15 is 0 Å². The van der Waals surface area contributed by atoms with Crippen molar-refractivity contribution >= 4 is 0 Å². The summed E-state index contributed by atoms with van der Waals surface area (Å²) in [6.45, 7) is 13.2. The van der Waals surface area contributed by atoms with Crippen molar-refractivity contribution in [2.45, 2.75) is 51.4 Å². The minimum atomic E-state index is -0.0765. The third-order valence-electron chi connectivity index (χ3n) is 3.92. The topological polar surface area (TPSA) is 27.7 Å². The van der Waals surface area contributed by atoms with Gasteiger partial charge in [-0.25, -0.2) is 10.4 Å². The van der Waals surface area contributed by atoms with E-state index in [-0.39, 0.29) is 11.2 Å². The fraction of sp³-hybridized carbons (Fsp3) is 1.00. The van der Waals surface area contributed by atoms with Crippen LogP contribution in [0.2, 0.25) is 0 Å². The fourth-order valence-corrected chi connectivity index (χ4v) is 2.92. The molecule has 0 saturated carbocycles. The summed E-state index contributed by atoms with van der Waals surface area (Å²) in [4.78, 5) is 2.37. The van der Waals surface area contributed by atoms with E-state index in [0.717, 1.165) is 32.6 Å². The molecule has 2 heterocycles. The van der Waals surface area contributed by atoms with Crippen molar-refractivity contribution in [3.05, 3.63) is 0 Å². The average molecular weight is 241 g/mol. The summed E-state index contributed by atoms with van der Waals surface area (Å²) in [5.41, 5.74) is 3.58. The van der Waals surface area contributed by atoms with E-state index < -0.39 is 0 Å². The molecule has 0 bridgehead atoms. The Morgan fingerprint density at radius 2 is 1.65 bits per heavy atom. The second-order valence-electron chi connectivity index (χ2n) is 6.64. The van der Waals surface area contributed by atoms with Crippen LogP contribution in [0.25, 0.3) is 0 Å². The first-order valence-corrected chi connectivity index (χ1v) is 6.68. The first kappa shape index (κ1) is 13.3. The summed E-state index contributed by atoms with van der Waals surface area (Å²) in [5.74, 6) is 0. The number of piperazine rings is 1. The summed E-state index contributed by atoms with van der Waals surface area (Å²) in [6, 6.07) is 0.418. The summed E-state index contributed by atoms with van der Waals surface area (Å²) < 4.78 is 6.11. The van der Waals surface area contributed by atoms with Gasteiger partial charge in [0.25, 0.3) is 0 Å². The normalized spacial score (nSPS) is 34.1. The van der Waals surface area contributed by atoms with E-state index in [2.05, 4.69) is 50.1 Å². The number of rotatable bonds is 2. The zero-order valence-corrected chi connectivity index (χ0v) is 11.9. The summed E-state index contributed by atoms with van der Waals surface area (Å²) in [5, 5.41) is 2.36. The largest absolute Gasteiger partial charge is 0.368 e. The highest BCUT2D eigenvalue weighted by atomic mass is 16.5. The summed E-state index contributed by atoms with van der Waals surface area (Å²) in [7, 11) is 2.18. The van der Waals surface area contributed by atoms with Crippen LogP contribution >= 0.6 is 0 Å². The zero-order chi connectivity index (χ0) is 12.7. The monoisotopic (exact) mass is 241 g/mol. The Morgan fingerprint density at radius 3 is 2.12 bits per heavy atom. The van der Waals surface area contributed by atoms with Gasteiger partial charge in [0.05, 0.1) is 17.2 Å². The Bertz CT molecular complexity index is 270. The van der Waals surface area contributed by atoms with Gasteiger partial charge in [-0.3, -0.25) is 0 Å². The molecule has 0 aromatic heterocycles. The molecule has 0 radical (unpaired) electrons. The Hall–Kier alpha value is -0.160. The van der Waals surface area contributed by atoms with Crippen LogP contribution in [0.1, 0.15) is 34.1 Å². The average Bonchev–Trinajstić information content (AvgIpc) is 2.38. The summed E-state index contributed by atoms with van der Waals surface area (Å²) >= 11 is 0.